The SMILES string of the molecule is COCC(C)NC(=O)CN[C@H](C)c1ccc(Br)cc1. The molecule has 0 fully saturated rings. The Kier molecular flexibility index (Phi) is 7.05. The maximum Gasteiger partial charge on any atom is 0.234 e. The molecule has 1 aromatic rings. The van der Waals surface area contributed by atoms with Crippen LogP contribution in [0.1, 0.15) is 25.5 Å². The van der Waals surface area contributed by atoms with Gasteiger partial charge in [-0.15, -0.1) is 0 Å². The summed E-state index contributed by atoms with van der Waals surface area (Å²) in [6, 6.07) is 8.22. The fourth-order valence-corrected chi connectivity index (χ4v) is 2.00. The molecule has 1 rings (SSSR count). The maximum atomic E-state index is 11.7. The van der Waals surface area contributed by atoms with Crippen LogP contribution in [-0.4, -0.2) is 32.2 Å². The molecule has 0 saturated carbocycles. The number of ether oxygens (including phenoxy) is 1. The average molecular weight is 329 g/mol. The van der Waals surface area contributed by atoms with Gasteiger partial charge in [0.25, 0.3) is 0 Å². The Morgan fingerprint density at radius 2 is 1.95 bits per heavy atom. The number of nitrogens with one attached hydrogen (secondary N) is 2. The van der Waals surface area contributed by atoms with Crippen LogP contribution in [0.4, 0.5) is 0 Å². The van der Waals surface area contributed by atoms with E-state index in [1.54, 1.807) is 7.11 Å². The van der Waals surface area contributed by atoms with Gasteiger partial charge >= 0.3 is 0 Å². The molecule has 1 aromatic carbocycles. The van der Waals surface area contributed by atoms with Crippen molar-refractivity contribution in [1.29, 1.82) is 0 Å². The number of hydrogen-bond acceptors (Lipinski definition) is 3. The van der Waals surface area contributed by atoms with E-state index in [-0.39, 0.29) is 18.0 Å². The molecule has 106 valence electrons. The van der Waals surface area contributed by atoms with Gasteiger partial charge in [0.2, 0.25) is 5.91 Å². The minimum absolute atomic E-state index is 0.0199. The highest BCUT2D eigenvalue weighted by atomic mass is 79.9. The van der Waals surface area contributed by atoms with Crippen LogP contribution in [0.25, 0.3) is 0 Å². The lowest BCUT2D eigenvalue weighted by atomic mass is 10.1. The first-order valence-electron chi connectivity index (χ1n) is 6.30. The monoisotopic (exact) mass is 328 g/mol. The molecule has 0 heterocycles. The number of rotatable bonds is 7. The van der Waals surface area contributed by atoms with E-state index in [9.17, 15) is 4.79 Å². The third kappa shape index (κ3) is 6.18. The smallest absolute Gasteiger partial charge is 0.234 e. The summed E-state index contributed by atoms with van der Waals surface area (Å²) < 4.78 is 6.02. The zero-order chi connectivity index (χ0) is 14.3. The largest absolute Gasteiger partial charge is 0.383 e. The Hall–Kier alpha value is -0.910. The minimum atomic E-state index is -0.0199. The van der Waals surface area contributed by atoms with Gasteiger partial charge in [0.15, 0.2) is 0 Å². The summed E-state index contributed by atoms with van der Waals surface area (Å²) in [5, 5.41) is 6.06. The normalized spacial score (nSPS) is 13.9. The van der Waals surface area contributed by atoms with Crippen molar-refractivity contribution < 1.29 is 9.53 Å². The van der Waals surface area contributed by atoms with Crippen LogP contribution in [0.3, 0.4) is 0 Å². The van der Waals surface area contributed by atoms with Gasteiger partial charge in [0.05, 0.1) is 13.2 Å². The lowest BCUT2D eigenvalue weighted by Crippen LogP contribution is -2.41. The molecular formula is C14H21BrN2O2. The second-order valence-electron chi connectivity index (χ2n) is 4.58. The van der Waals surface area contributed by atoms with Crippen LogP contribution in [0, 0.1) is 0 Å². The Morgan fingerprint density at radius 1 is 1.32 bits per heavy atom. The van der Waals surface area contributed by atoms with Crippen molar-refractivity contribution in [2.75, 3.05) is 20.3 Å². The molecule has 0 saturated heterocycles. The predicted octanol–water partition coefficient (Wildman–Crippen LogP) is 2.25. The number of methoxy groups -OCH3 is 1. The maximum absolute atomic E-state index is 11.7. The van der Waals surface area contributed by atoms with E-state index in [1.165, 1.54) is 0 Å². The molecule has 2 atom stereocenters. The van der Waals surface area contributed by atoms with Crippen molar-refractivity contribution in [3.05, 3.63) is 34.3 Å². The van der Waals surface area contributed by atoms with E-state index < -0.39 is 0 Å². The quantitative estimate of drug-likeness (QED) is 0.807. The van der Waals surface area contributed by atoms with E-state index >= 15 is 0 Å². The topological polar surface area (TPSA) is 50.4 Å². The van der Waals surface area contributed by atoms with Crippen LogP contribution in [0.5, 0.6) is 0 Å². The molecule has 0 spiro atoms. The van der Waals surface area contributed by atoms with E-state index in [0.717, 1.165) is 10.0 Å². The van der Waals surface area contributed by atoms with Crippen molar-refractivity contribution in [3.8, 4) is 0 Å². The Balaban J connectivity index is 2.35. The highest BCUT2D eigenvalue weighted by Crippen LogP contribution is 2.16. The molecule has 19 heavy (non-hydrogen) atoms. The highest BCUT2D eigenvalue weighted by molar-refractivity contribution is 9.10. The molecular weight excluding hydrogens is 308 g/mol. The summed E-state index contributed by atoms with van der Waals surface area (Å²) in [6.45, 7) is 4.77. The third-order valence-electron chi connectivity index (χ3n) is 2.76. The first-order valence-corrected chi connectivity index (χ1v) is 7.09. The second kappa shape index (κ2) is 8.30. The van der Waals surface area contributed by atoms with Crippen LogP contribution in [0.2, 0.25) is 0 Å². The highest BCUT2D eigenvalue weighted by Gasteiger charge is 2.09. The molecule has 0 aliphatic carbocycles. The van der Waals surface area contributed by atoms with Gasteiger partial charge in [-0.2, -0.15) is 0 Å². The van der Waals surface area contributed by atoms with Crippen molar-refractivity contribution in [3.63, 3.8) is 0 Å². The summed E-state index contributed by atoms with van der Waals surface area (Å²) in [5.41, 5.74) is 1.15. The van der Waals surface area contributed by atoms with Gasteiger partial charge in [-0.05, 0) is 31.5 Å². The number of halogens is 1. The number of benzene rings is 1. The van der Waals surface area contributed by atoms with Gasteiger partial charge in [-0.3, -0.25) is 4.79 Å². The molecule has 0 radical (unpaired) electrons. The van der Waals surface area contributed by atoms with Crippen LogP contribution < -0.4 is 10.6 Å². The summed E-state index contributed by atoms with van der Waals surface area (Å²) in [5.74, 6) is -0.0199. The molecule has 0 bridgehead atoms. The van der Waals surface area contributed by atoms with Gasteiger partial charge in [-0.1, -0.05) is 28.1 Å². The number of hydrogen-bond donors (Lipinski definition) is 2. The molecule has 1 unspecified atom stereocenters. The average Bonchev–Trinajstić information content (AvgIpc) is 2.37. The Morgan fingerprint density at radius 3 is 2.53 bits per heavy atom. The Bertz CT molecular complexity index is 395. The second-order valence-corrected chi connectivity index (χ2v) is 5.49. The summed E-state index contributed by atoms with van der Waals surface area (Å²) >= 11 is 3.40. The van der Waals surface area contributed by atoms with Crippen LogP contribution in [-0.2, 0) is 9.53 Å². The molecule has 2 N–H and O–H groups in total. The summed E-state index contributed by atoms with van der Waals surface area (Å²) in [6.07, 6.45) is 0. The molecule has 4 nitrogen and oxygen atoms in total. The summed E-state index contributed by atoms with van der Waals surface area (Å²) in [4.78, 5) is 11.7. The predicted molar refractivity (Wildman–Crippen MR) is 80.0 cm³/mol. The summed E-state index contributed by atoms with van der Waals surface area (Å²) in [7, 11) is 1.62. The zero-order valence-corrected chi connectivity index (χ0v) is 13.2. The van der Waals surface area contributed by atoms with Gasteiger partial charge in [-0.25, -0.2) is 0 Å². The van der Waals surface area contributed by atoms with Crippen LogP contribution >= 0.6 is 15.9 Å². The number of carbonyl (C=O) groups excluding carboxylic acids is 1. The third-order valence-corrected chi connectivity index (χ3v) is 3.29. The standard InChI is InChI=1S/C14H21BrN2O2/c1-10(9-19-3)17-14(18)8-16-11(2)12-4-6-13(15)7-5-12/h4-7,10-11,16H,8-9H2,1-3H3,(H,17,18)/t10?,11-/m1/s1. The van der Waals surface area contributed by atoms with Crippen LogP contribution in [0.15, 0.2) is 28.7 Å². The lowest BCUT2D eigenvalue weighted by Gasteiger charge is -2.16. The Labute approximate surface area is 123 Å². The first kappa shape index (κ1) is 16.1. The van der Waals surface area contributed by atoms with E-state index in [2.05, 4.69) is 26.6 Å². The van der Waals surface area contributed by atoms with Crippen molar-refractivity contribution in [2.24, 2.45) is 0 Å². The van der Waals surface area contributed by atoms with Crippen molar-refractivity contribution in [1.82, 2.24) is 10.6 Å². The number of carbonyl (C=O) groups is 1. The van der Waals surface area contributed by atoms with Crippen molar-refractivity contribution >= 4 is 21.8 Å². The first-order chi connectivity index (χ1) is 9.02. The molecule has 0 aliphatic rings. The minimum Gasteiger partial charge on any atom is -0.383 e. The van der Waals surface area contributed by atoms with Gasteiger partial charge < -0.3 is 15.4 Å². The van der Waals surface area contributed by atoms with E-state index in [4.69, 9.17) is 4.74 Å². The molecule has 5 heteroatoms. The molecule has 0 aliphatic heterocycles. The fraction of sp³-hybridized carbons (Fsp3) is 0.500. The molecule has 1 amide bonds. The van der Waals surface area contributed by atoms with E-state index in [1.807, 2.05) is 38.1 Å². The van der Waals surface area contributed by atoms with E-state index in [0.29, 0.717) is 13.2 Å². The van der Waals surface area contributed by atoms with Crippen molar-refractivity contribution in [2.45, 2.75) is 25.9 Å². The lowest BCUT2D eigenvalue weighted by molar-refractivity contribution is -0.121. The van der Waals surface area contributed by atoms with Gasteiger partial charge in [0, 0.05) is 23.7 Å². The van der Waals surface area contributed by atoms with Gasteiger partial charge in [0.1, 0.15) is 0 Å². The number of amides is 1. The fourth-order valence-electron chi connectivity index (χ4n) is 1.73. The zero-order valence-electron chi connectivity index (χ0n) is 11.6. The molecule has 0 aromatic heterocycles.